The van der Waals surface area contributed by atoms with Gasteiger partial charge in [-0.15, -0.1) is 0 Å². The lowest BCUT2D eigenvalue weighted by molar-refractivity contribution is -0.204. The largest absolute Gasteiger partial charge is 0.299 e. The zero-order valence-corrected chi connectivity index (χ0v) is 8.31. The molecule has 2 aliphatic rings. The topological polar surface area (TPSA) is 17.1 Å². The minimum Gasteiger partial charge on any atom is -0.299 e. The Morgan fingerprint density at radius 3 is 2.25 bits per heavy atom. The van der Waals surface area contributed by atoms with E-state index in [1.165, 1.54) is 12.8 Å². The molecule has 2 atom stereocenters. The van der Waals surface area contributed by atoms with E-state index >= 15 is 0 Å². The first-order valence-electron chi connectivity index (χ1n) is 5.12. The van der Waals surface area contributed by atoms with E-state index in [4.69, 9.17) is 0 Å². The number of hydrogen-bond donors (Lipinski definition) is 0. The van der Waals surface area contributed by atoms with E-state index < -0.39 is 0 Å². The van der Waals surface area contributed by atoms with Gasteiger partial charge in [-0.3, -0.25) is 4.79 Å². The molecule has 2 fully saturated rings. The highest BCUT2D eigenvalue weighted by atomic mass is 16.1. The summed E-state index contributed by atoms with van der Waals surface area (Å²) in [6.45, 7) is 6.72. The summed E-state index contributed by atoms with van der Waals surface area (Å²) in [5.74, 6) is 1.24. The molecule has 12 heavy (non-hydrogen) atoms. The molecule has 0 aromatic rings. The van der Waals surface area contributed by atoms with Gasteiger partial charge in [0.25, 0.3) is 0 Å². The van der Waals surface area contributed by atoms with Gasteiger partial charge in [-0.1, -0.05) is 20.8 Å². The number of carbonyl (C=O) groups excluding carboxylic acids is 1. The Balaban J connectivity index is 2.27. The average molecular weight is 166 g/mol. The molecule has 0 radical (unpaired) electrons. The second-order valence-electron chi connectivity index (χ2n) is 4.85. The van der Waals surface area contributed by atoms with Crippen molar-refractivity contribution in [3.05, 3.63) is 0 Å². The van der Waals surface area contributed by atoms with E-state index in [2.05, 4.69) is 20.8 Å². The minimum absolute atomic E-state index is 0.140. The third kappa shape index (κ3) is 0.571. The van der Waals surface area contributed by atoms with Crippen LogP contribution in [0.2, 0.25) is 0 Å². The molecule has 1 nitrogen and oxygen atoms in total. The van der Waals surface area contributed by atoms with Crippen molar-refractivity contribution in [2.24, 2.45) is 16.7 Å². The number of Topliss-reactive ketones (excluding diaryl/α,β-unsaturated/α-hetero) is 1. The van der Waals surface area contributed by atoms with Crippen LogP contribution >= 0.6 is 0 Å². The fourth-order valence-electron chi connectivity index (χ4n) is 3.54. The highest BCUT2D eigenvalue weighted by Gasteiger charge is 2.70. The van der Waals surface area contributed by atoms with Gasteiger partial charge in [0.05, 0.1) is 0 Å². The predicted octanol–water partition coefficient (Wildman–Crippen LogP) is 2.79. The third-order valence-corrected chi connectivity index (χ3v) is 4.67. The molecule has 0 N–H and O–H groups in total. The summed E-state index contributed by atoms with van der Waals surface area (Å²) in [4.78, 5) is 11.6. The summed E-state index contributed by atoms with van der Waals surface area (Å²) >= 11 is 0. The fraction of sp³-hybridized carbons (Fsp3) is 0.909. The average Bonchev–Trinajstić information content (AvgIpc) is 1.99. The van der Waals surface area contributed by atoms with Crippen LogP contribution in [0.25, 0.3) is 0 Å². The summed E-state index contributed by atoms with van der Waals surface area (Å²) < 4.78 is 0. The van der Waals surface area contributed by atoms with Gasteiger partial charge in [0.1, 0.15) is 5.78 Å². The first-order chi connectivity index (χ1) is 5.59. The second kappa shape index (κ2) is 2.12. The molecule has 2 saturated carbocycles. The number of fused-ring (bicyclic) bond motifs is 1. The Bertz CT molecular complexity index is 227. The minimum atomic E-state index is 0.140. The van der Waals surface area contributed by atoms with Gasteiger partial charge in [-0.2, -0.15) is 0 Å². The van der Waals surface area contributed by atoms with Crippen molar-refractivity contribution < 1.29 is 4.79 Å². The van der Waals surface area contributed by atoms with E-state index in [1.807, 2.05) is 0 Å². The summed E-state index contributed by atoms with van der Waals surface area (Å²) in [5.41, 5.74) is 0.569. The zero-order valence-electron chi connectivity index (χ0n) is 8.31. The SMILES string of the molecule is CCC12CCC1(C(C)C)CC2=O. The van der Waals surface area contributed by atoms with Crippen LogP contribution in [0.15, 0.2) is 0 Å². The van der Waals surface area contributed by atoms with Crippen molar-refractivity contribution in [3.8, 4) is 0 Å². The second-order valence-corrected chi connectivity index (χ2v) is 4.85. The Morgan fingerprint density at radius 2 is 2.08 bits per heavy atom. The van der Waals surface area contributed by atoms with Crippen molar-refractivity contribution >= 4 is 5.78 Å². The van der Waals surface area contributed by atoms with Crippen LogP contribution in [0.5, 0.6) is 0 Å². The summed E-state index contributed by atoms with van der Waals surface area (Å²) in [7, 11) is 0. The van der Waals surface area contributed by atoms with Gasteiger partial charge in [-0.25, -0.2) is 0 Å². The molecule has 0 aliphatic heterocycles. The molecule has 2 rings (SSSR count). The van der Waals surface area contributed by atoms with E-state index in [-0.39, 0.29) is 5.41 Å². The highest BCUT2D eigenvalue weighted by molar-refractivity contribution is 5.94. The van der Waals surface area contributed by atoms with E-state index in [0.717, 1.165) is 12.8 Å². The smallest absolute Gasteiger partial charge is 0.140 e. The normalized spacial score (nSPS) is 45.2. The lowest BCUT2D eigenvalue weighted by Gasteiger charge is -2.68. The van der Waals surface area contributed by atoms with E-state index in [9.17, 15) is 4.79 Å². The van der Waals surface area contributed by atoms with Gasteiger partial charge in [-0.05, 0) is 30.6 Å². The van der Waals surface area contributed by atoms with Crippen molar-refractivity contribution in [3.63, 3.8) is 0 Å². The maximum atomic E-state index is 11.6. The molecule has 0 aromatic carbocycles. The van der Waals surface area contributed by atoms with Crippen molar-refractivity contribution in [2.75, 3.05) is 0 Å². The molecule has 68 valence electrons. The Hall–Kier alpha value is -0.330. The Kier molecular flexibility index (Phi) is 1.47. The number of ketones is 1. The summed E-state index contributed by atoms with van der Waals surface area (Å²) in [6, 6.07) is 0. The summed E-state index contributed by atoms with van der Waals surface area (Å²) in [5, 5.41) is 0. The van der Waals surface area contributed by atoms with Gasteiger partial charge in [0.15, 0.2) is 0 Å². The lowest BCUT2D eigenvalue weighted by atomic mass is 9.33. The molecule has 1 heteroatoms. The van der Waals surface area contributed by atoms with Crippen LogP contribution in [-0.4, -0.2) is 5.78 Å². The van der Waals surface area contributed by atoms with Crippen LogP contribution in [0.1, 0.15) is 46.5 Å². The standard InChI is InChI=1S/C11H18O/c1-4-10-5-6-11(10,8(2)3)7-9(10)12/h8H,4-7H2,1-3H3. The molecule has 0 aromatic heterocycles. The molecule has 0 saturated heterocycles. The molecule has 2 unspecified atom stereocenters. The van der Waals surface area contributed by atoms with Gasteiger partial charge >= 0.3 is 0 Å². The molecule has 2 aliphatic carbocycles. The van der Waals surface area contributed by atoms with Crippen LogP contribution in [0.4, 0.5) is 0 Å². The monoisotopic (exact) mass is 166 g/mol. The maximum absolute atomic E-state index is 11.6. The molecule has 0 spiro atoms. The van der Waals surface area contributed by atoms with Gasteiger partial charge < -0.3 is 0 Å². The zero-order chi connectivity index (χ0) is 8.98. The van der Waals surface area contributed by atoms with Gasteiger partial charge in [0, 0.05) is 11.8 Å². The van der Waals surface area contributed by atoms with Crippen molar-refractivity contribution in [1.29, 1.82) is 0 Å². The Morgan fingerprint density at radius 1 is 1.42 bits per heavy atom. The number of rotatable bonds is 2. The van der Waals surface area contributed by atoms with Crippen molar-refractivity contribution in [1.82, 2.24) is 0 Å². The lowest BCUT2D eigenvalue weighted by Crippen LogP contribution is -2.68. The van der Waals surface area contributed by atoms with Crippen LogP contribution in [0.3, 0.4) is 0 Å². The fourth-order valence-corrected chi connectivity index (χ4v) is 3.54. The molecule has 0 heterocycles. The van der Waals surface area contributed by atoms with Gasteiger partial charge in [0.2, 0.25) is 0 Å². The maximum Gasteiger partial charge on any atom is 0.140 e. The molecule has 0 amide bonds. The van der Waals surface area contributed by atoms with Crippen molar-refractivity contribution in [2.45, 2.75) is 46.5 Å². The number of hydrogen-bond acceptors (Lipinski definition) is 1. The highest BCUT2D eigenvalue weighted by Crippen LogP contribution is 2.72. The molecule has 0 bridgehead atoms. The predicted molar refractivity (Wildman–Crippen MR) is 48.9 cm³/mol. The van der Waals surface area contributed by atoms with E-state index in [1.54, 1.807) is 0 Å². The summed E-state index contributed by atoms with van der Waals surface area (Å²) in [6.07, 6.45) is 4.41. The van der Waals surface area contributed by atoms with Crippen LogP contribution < -0.4 is 0 Å². The van der Waals surface area contributed by atoms with Crippen LogP contribution in [-0.2, 0) is 4.79 Å². The third-order valence-electron chi connectivity index (χ3n) is 4.67. The molecular formula is C11H18O. The molecular weight excluding hydrogens is 148 g/mol. The first-order valence-corrected chi connectivity index (χ1v) is 5.12. The first kappa shape index (κ1) is 8.28. The van der Waals surface area contributed by atoms with E-state index in [0.29, 0.717) is 17.1 Å². The quantitative estimate of drug-likeness (QED) is 0.616. The van der Waals surface area contributed by atoms with Crippen LogP contribution in [0, 0.1) is 16.7 Å². The Labute approximate surface area is 74.5 Å². The number of carbonyl (C=O) groups is 1.